The molecule has 10 N–H and O–H groups in total. The summed E-state index contributed by atoms with van der Waals surface area (Å²) in [6, 6.07) is 12.4. The van der Waals surface area contributed by atoms with Crippen molar-refractivity contribution >= 4 is 0 Å². The molecule has 14 nitrogen and oxygen atoms in total. The number of hydrogen-bond donors (Lipinski definition) is 10. The first-order valence-corrected chi connectivity index (χ1v) is 38.7. The van der Waals surface area contributed by atoms with Crippen LogP contribution in [0.2, 0.25) is 0 Å². The monoisotopic (exact) mass is 1540 g/mol. The smallest absolute Gasteiger partial charge is 0.126 e. The number of aryl methyl sites for hydroxylation is 3. The Bertz CT molecular complexity index is 4250. The van der Waals surface area contributed by atoms with Gasteiger partial charge in [-0.05, 0) is 234 Å². The Labute approximate surface area is 672 Å². The van der Waals surface area contributed by atoms with E-state index in [1.54, 1.807) is 60.5 Å². The number of phenols is 10. The number of benzene rings is 7. The highest BCUT2D eigenvalue weighted by Gasteiger charge is 2.35. The molecule has 14 heteroatoms. The molecule has 0 aliphatic heterocycles. The van der Waals surface area contributed by atoms with E-state index in [2.05, 4.69) is 125 Å². The summed E-state index contributed by atoms with van der Waals surface area (Å²) in [5, 5.41) is 100. The average Bonchev–Trinajstić information content (AvgIpc) is 0.758. The van der Waals surface area contributed by atoms with Crippen LogP contribution >= 0.6 is 0 Å². The molecule has 624 valence electrons. The maximum atomic E-state index is 10.5. The summed E-state index contributed by atoms with van der Waals surface area (Å²) in [6.07, 6.45) is 0. The molecule has 0 saturated heterocycles. The van der Waals surface area contributed by atoms with Crippen molar-refractivity contribution in [2.24, 2.45) is 0 Å². The molecule has 0 aromatic heterocycles. The summed E-state index contributed by atoms with van der Waals surface area (Å²) in [7, 11) is 6.70. The van der Waals surface area contributed by atoms with Crippen molar-refractivity contribution in [3.05, 3.63) is 159 Å². The maximum absolute atomic E-state index is 10.5. The van der Waals surface area contributed by atoms with E-state index in [0.717, 1.165) is 134 Å². The first-order valence-electron chi connectivity index (χ1n) is 38.7. The van der Waals surface area contributed by atoms with Crippen molar-refractivity contribution in [3.8, 4) is 80.5 Å². The van der Waals surface area contributed by atoms with Gasteiger partial charge in [0.25, 0.3) is 0 Å². The summed E-state index contributed by atoms with van der Waals surface area (Å²) in [5.41, 5.74) is 17.7. The van der Waals surface area contributed by atoms with Gasteiger partial charge in [-0.15, -0.1) is 0 Å². The van der Waals surface area contributed by atoms with Gasteiger partial charge in [0, 0.05) is 55.6 Å². The number of aromatic hydroxyl groups is 10. The quantitative estimate of drug-likeness (QED) is 0.0738. The zero-order chi connectivity index (χ0) is 88.0. The van der Waals surface area contributed by atoms with Gasteiger partial charge in [-0.2, -0.15) is 0 Å². The molecule has 0 bridgehead atoms. The van der Waals surface area contributed by atoms with Gasteiger partial charge in [-0.3, -0.25) is 0 Å². The van der Waals surface area contributed by atoms with E-state index >= 15 is 0 Å². The third kappa shape index (κ3) is 25.1. The van der Waals surface area contributed by atoms with E-state index in [-0.39, 0.29) is 71.4 Å². The molecule has 0 atom stereocenters. The summed E-state index contributed by atoms with van der Waals surface area (Å²) < 4.78 is 21.8. The number of rotatable bonds is 4. The standard InChI is InChI=1S/3C16H26O2.C13H20O2.3C12H18O2/c1-10-13(16(5,6)7)12(18-8)9-11(14(10)17)15(2,3)4;1-10-13(16(5,6)7)12(17)9-11(14(10)18-8)15(2,3)4;1-9-11(15(3,4)5)14(18)10(2)12(13(9)17)16(6,7)8;1-8-7-10(15-6)11(13(3,4)5)9(2)12(8)14;1-8-9(13)6-7-10(14-5)11(8)12(2,3)4;1-7-6-9(13)10(12(3,4)5)8(2)11(7)14;1-7-6-9(13)8(2)10(11(7)14)12(3,4)5/h2*9,17H,1-8H3;17-18H,1-8H3;7,14H,1-6H3;6-7,13H,1-5H3;2*6,13-14H,1-5H3. The third-order valence-corrected chi connectivity index (χ3v) is 20.0. The molecule has 7 aromatic carbocycles. The molecule has 0 heterocycles. The fourth-order valence-corrected chi connectivity index (χ4v) is 15.3. The topological polar surface area (TPSA) is 239 Å². The van der Waals surface area contributed by atoms with Gasteiger partial charge in [-0.25, -0.2) is 0 Å². The van der Waals surface area contributed by atoms with Crippen molar-refractivity contribution in [3.63, 3.8) is 0 Å². The van der Waals surface area contributed by atoms with E-state index in [9.17, 15) is 51.1 Å². The van der Waals surface area contributed by atoms with Gasteiger partial charge in [0.15, 0.2) is 0 Å². The van der Waals surface area contributed by atoms with Crippen molar-refractivity contribution in [2.75, 3.05) is 28.4 Å². The first-order chi connectivity index (χ1) is 49.5. The lowest BCUT2D eigenvalue weighted by atomic mass is 9.76. The van der Waals surface area contributed by atoms with E-state index in [4.69, 9.17) is 18.9 Å². The molecule has 0 spiro atoms. The fourth-order valence-electron chi connectivity index (χ4n) is 15.3. The van der Waals surface area contributed by atoms with Crippen LogP contribution in [-0.4, -0.2) is 79.5 Å². The Morgan fingerprint density at radius 3 is 0.793 bits per heavy atom. The summed E-state index contributed by atoms with van der Waals surface area (Å²) in [6.45, 7) is 83.2. The van der Waals surface area contributed by atoms with Crippen molar-refractivity contribution in [1.82, 2.24) is 0 Å². The predicted octanol–water partition coefficient (Wildman–Crippen LogP) is 25.3. The minimum atomic E-state index is -0.188. The number of phenolic OH excluding ortho intramolecular Hbond substituents is 10. The lowest BCUT2D eigenvalue weighted by Gasteiger charge is -2.30. The SMILES string of the molecule is COc1c(C(C)(C)C)cc(O)c(C(C)(C)C)c1C.COc1cc(C(C)(C)C)c(O)c(C)c1C(C)(C)C.COc1cc(C)c(O)c(C)c1C(C)(C)C.COc1ccc(O)c(C)c1C(C)(C)C.Cc1c(O)c(C(C)(C)C)c(C)c(O)c1C(C)(C)C.Cc1cc(O)c(C(C)(C)C)c(C)c1O.Cc1cc(O)c(C)c(C(C)(C)C)c1O. The second-order valence-corrected chi connectivity index (χ2v) is 40.3. The van der Waals surface area contributed by atoms with Crippen LogP contribution < -0.4 is 18.9 Å². The van der Waals surface area contributed by atoms with Crippen molar-refractivity contribution in [2.45, 2.75) is 338 Å². The van der Waals surface area contributed by atoms with Gasteiger partial charge in [0.05, 0.1) is 28.4 Å². The summed E-state index contributed by atoms with van der Waals surface area (Å²) in [5.74, 6) is 6.67. The summed E-state index contributed by atoms with van der Waals surface area (Å²) in [4.78, 5) is 0. The maximum Gasteiger partial charge on any atom is 0.126 e. The number of methoxy groups -OCH3 is 4. The fraction of sp³-hybridized carbons (Fsp3) is 0.567. The van der Waals surface area contributed by atoms with Crippen molar-refractivity contribution < 1.29 is 70.0 Å². The van der Waals surface area contributed by atoms with Crippen LogP contribution in [0.4, 0.5) is 0 Å². The van der Waals surface area contributed by atoms with E-state index in [1.807, 2.05) is 170 Å². The van der Waals surface area contributed by atoms with Crippen LogP contribution in [0.25, 0.3) is 0 Å². The second-order valence-electron chi connectivity index (χ2n) is 40.3. The van der Waals surface area contributed by atoms with Crippen LogP contribution in [0, 0.1) is 76.2 Å². The normalized spacial score (nSPS) is 12.2. The molecular formula is C97H152O14. The van der Waals surface area contributed by atoms with Gasteiger partial charge in [0.2, 0.25) is 0 Å². The summed E-state index contributed by atoms with van der Waals surface area (Å²) >= 11 is 0. The molecular weight excluding hydrogens is 1390 g/mol. The molecule has 0 radical (unpaired) electrons. The Hall–Kier alpha value is -8.26. The van der Waals surface area contributed by atoms with E-state index < -0.39 is 0 Å². The lowest BCUT2D eigenvalue weighted by Crippen LogP contribution is -2.19. The van der Waals surface area contributed by atoms with E-state index in [0.29, 0.717) is 45.8 Å². The van der Waals surface area contributed by atoms with Crippen LogP contribution in [0.1, 0.15) is 325 Å². The Balaban J connectivity index is 0.000000649. The van der Waals surface area contributed by atoms with Crippen LogP contribution in [0.3, 0.4) is 0 Å². The Morgan fingerprint density at radius 2 is 0.459 bits per heavy atom. The highest BCUT2D eigenvalue weighted by atomic mass is 16.5. The van der Waals surface area contributed by atoms with Crippen LogP contribution in [0.5, 0.6) is 80.5 Å². The largest absolute Gasteiger partial charge is 0.508 e. The highest BCUT2D eigenvalue weighted by molar-refractivity contribution is 5.63. The zero-order valence-electron chi connectivity index (χ0n) is 77.6. The minimum absolute atomic E-state index is 0.0197. The molecule has 0 amide bonds. The molecule has 7 rings (SSSR count). The molecule has 0 aliphatic carbocycles. The van der Waals surface area contributed by atoms with E-state index in [1.165, 1.54) is 0 Å². The van der Waals surface area contributed by atoms with Crippen LogP contribution in [-0.2, 0) is 54.1 Å². The van der Waals surface area contributed by atoms with Crippen LogP contribution in [0.15, 0.2) is 42.5 Å². The highest BCUT2D eigenvalue weighted by Crippen LogP contribution is 2.50. The Kier molecular flexibility index (Phi) is 33.3. The van der Waals surface area contributed by atoms with Crippen molar-refractivity contribution in [1.29, 1.82) is 0 Å². The van der Waals surface area contributed by atoms with Gasteiger partial charge in [0.1, 0.15) is 80.5 Å². The molecule has 7 aromatic rings. The minimum Gasteiger partial charge on any atom is -0.508 e. The second kappa shape index (κ2) is 36.7. The molecule has 0 saturated carbocycles. The molecule has 0 aliphatic rings. The molecule has 0 unspecified atom stereocenters. The number of hydrogen-bond acceptors (Lipinski definition) is 14. The van der Waals surface area contributed by atoms with Gasteiger partial charge in [-0.1, -0.05) is 208 Å². The Morgan fingerprint density at radius 1 is 0.198 bits per heavy atom. The number of ether oxygens (including phenoxy) is 4. The third-order valence-electron chi connectivity index (χ3n) is 20.0. The molecule has 111 heavy (non-hydrogen) atoms. The average molecular weight is 1540 g/mol. The van der Waals surface area contributed by atoms with Gasteiger partial charge >= 0.3 is 0 Å². The van der Waals surface area contributed by atoms with Gasteiger partial charge < -0.3 is 70.0 Å². The lowest BCUT2D eigenvalue weighted by molar-refractivity contribution is 0.384. The predicted molar refractivity (Wildman–Crippen MR) is 467 cm³/mol. The molecule has 0 fully saturated rings. The first kappa shape index (κ1) is 101. The zero-order valence-corrected chi connectivity index (χ0v) is 77.6.